The molecule has 6 heteroatoms. The minimum absolute atomic E-state index is 0.124. The first kappa shape index (κ1) is 14.9. The predicted octanol–water partition coefficient (Wildman–Crippen LogP) is -0.614. The van der Waals surface area contributed by atoms with E-state index in [0.717, 1.165) is 13.1 Å². The molecule has 1 saturated heterocycles. The highest BCUT2D eigenvalue weighted by Gasteiger charge is 2.39. The highest BCUT2D eigenvalue weighted by molar-refractivity contribution is 7.91. The Morgan fingerprint density at radius 2 is 1.65 bits per heavy atom. The molecule has 0 bridgehead atoms. The topological polar surface area (TPSA) is 66.6 Å². The van der Waals surface area contributed by atoms with Gasteiger partial charge in [-0.3, -0.25) is 4.90 Å². The van der Waals surface area contributed by atoms with Crippen LogP contribution in [-0.2, 0) is 9.84 Å². The Balaban J connectivity index is 2.63. The predicted molar refractivity (Wildman–Crippen MR) is 70.9 cm³/mol. The molecule has 1 aliphatic heterocycles. The molecule has 102 valence electrons. The van der Waals surface area contributed by atoms with Gasteiger partial charge in [-0.25, -0.2) is 8.42 Å². The minimum atomic E-state index is -2.82. The first-order valence-corrected chi connectivity index (χ1v) is 7.90. The highest BCUT2D eigenvalue weighted by atomic mass is 32.2. The summed E-state index contributed by atoms with van der Waals surface area (Å²) in [7, 11) is 3.30. The Morgan fingerprint density at radius 1 is 1.12 bits per heavy atom. The van der Waals surface area contributed by atoms with E-state index in [1.807, 2.05) is 21.1 Å². The molecule has 0 amide bonds. The molecule has 0 unspecified atom stereocenters. The monoisotopic (exact) mass is 263 g/mol. The summed E-state index contributed by atoms with van der Waals surface area (Å²) in [5.74, 6) is 0.549. The summed E-state index contributed by atoms with van der Waals surface area (Å²) in [4.78, 5) is 4.36. The number of rotatable bonds is 5. The van der Waals surface area contributed by atoms with Crippen LogP contribution in [0.1, 0.15) is 12.8 Å². The van der Waals surface area contributed by atoms with Gasteiger partial charge in [0.15, 0.2) is 0 Å². The second-order valence-corrected chi connectivity index (χ2v) is 7.61. The fraction of sp³-hybridized carbons (Fsp3) is 1.00. The second-order valence-electron chi connectivity index (χ2n) is 5.31. The van der Waals surface area contributed by atoms with Crippen molar-refractivity contribution in [2.24, 2.45) is 5.73 Å². The van der Waals surface area contributed by atoms with E-state index in [2.05, 4.69) is 9.80 Å². The van der Waals surface area contributed by atoms with Gasteiger partial charge in [-0.2, -0.15) is 0 Å². The molecule has 1 aliphatic rings. The number of hydrogen-bond donors (Lipinski definition) is 1. The lowest BCUT2D eigenvalue weighted by atomic mass is 9.90. The summed E-state index contributed by atoms with van der Waals surface area (Å²) < 4.78 is 23.0. The van der Waals surface area contributed by atoms with Crippen LogP contribution < -0.4 is 5.73 Å². The van der Waals surface area contributed by atoms with E-state index in [0.29, 0.717) is 19.4 Å². The minimum Gasteiger partial charge on any atom is -0.329 e. The maximum Gasteiger partial charge on any atom is 0.150 e. The lowest BCUT2D eigenvalue weighted by Gasteiger charge is -2.44. The van der Waals surface area contributed by atoms with Crippen molar-refractivity contribution in [1.29, 1.82) is 0 Å². The molecule has 1 heterocycles. The van der Waals surface area contributed by atoms with E-state index in [4.69, 9.17) is 5.73 Å². The molecule has 0 aromatic rings. The number of nitrogens with zero attached hydrogens (tertiary/aromatic N) is 2. The molecule has 0 aliphatic carbocycles. The SMILES string of the molecule is CN(C)CCN(C)C1(CN)CCS(=O)(=O)CC1. The number of likely N-dealkylation sites (N-methyl/N-ethyl adjacent to an activating group) is 2. The van der Waals surface area contributed by atoms with Crippen molar-refractivity contribution in [2.75, 3.05) is 52.3 Å². The van der Waals surface area contributed by atoms with Crippen molar-refractivity contribution < 1.29 is 8.42 Å². The van der Waals surface area contributed by atoms with Gasteiger partial charge in [-0.15, -0.1) is 0 Å². The zero-order valence-corrected chi connectivity index (χ0v) is 12.0. The zero-order valence-electron chi connectivity index (χ0n) is 11.1. The average molecular weight is 263 g/mol. The Morgan fingerprint density at radius 3 is 2.06 bits per heavy atom. The molecule has 5 nitrogen and oxygen atoms in total. The van der Waals surface area contributed by atoms with Gasteiger partial charge in [0.2, 0.25) is 0 Å². The summed E-state index contributed by atoms with van der Waals surface area (Å²) in [6, 6.07) is 0. The first-order chi connectivity index (χ1) is 7.81. The van der Waals surface area contributed by atoms with Crippen molar-refractivity contribution >= 4 is 9.84 Å². The third-order valence-electron chi connectivity index (χ3n) is 3.83. The molecule has 1 fully saturated rings. The van der Waals surface area contributed by atoms with Crippen molar-refractivity contribution in [3.63, 3.8) is 0 Å². The smallest absolute Gasteiger partial charge is 0.150 e. The van der Waals surface area contributed by atoms with E-state index in [1.54, 1.807) is 0 Å². The van der Waals surface area contributed by atoms with Crippen LogP contribution in [0.15, 0.2) is 0 Å². The van der Waals surface area contributed by atoms with Crippen molar-refractivity contribution in [2.45, 2.75) is 18.4 Å². The zero-order chi connectivity index (χ0) is 13.1. The van der Waals surface area contributed by atoms with Gasteiger partial charge in [0.1, 0.15) is 9.84 Å². The standard InChI is InChI=1S/C11H25N3O2S/c1-13(2)6-7-14(3)11(10-12)4-8-17(15,16)9-5-11/h4-10,12H2,1-3H3. The van der Waals surface area contributed by atoms with Crippen molar-refractivity contribution in [1.82, 2.24) is 9.80 Å². The molecule has 0 radical (unpaired) electrons. The average Bonchev–Trinajstić information content (AvgIpc) is 2.26. The molecule has 0 atom stereocenters. The summed E-state index contributed by atoms with van der Waals surface area (Å²) in [6.45, 7) is 2.42. The van der Waals surface area contributed by atoms with Crippen LogP contribution in [-0.4, -0.2) is 76.0 Å². The molecule has 0 aromatic carbocycles. The molecule has 17 heavy (non-hydrogen) atoms. The summed E-state index contributed by atoms with van der Waals surface area (Å²) in [5.41, 5.74) is 5.76. The van der Waals surface area contributed by atoms with Gasteiger partial charge in [-0.05, 0) is 34.0 Å². The molecule has 0 saturated carbocycles. The first-order valence-electron chi connectivity index (χ1n) is 6.08. The van der Waals surface area contributed by atoms with E-state index < -0.39 is 9.84 Å². The molecule has 2 N–H and O–H groups in total. The van der Waals surface area contributed by atoms with Crippen LogP contribution in [0, 0.1) is 0 Å². The molecular weight excluding hydrogens is 238 g/mol. The van der Waals surface area contributed by atoms with Crippen molar-refractivity contribution in [3.05, 3.63) is 0 Å². The number of nitrogens with two attached hydrogens (primary N) is 1. The normalized spacial score (nSPS) is 23.2. The largest absolute Gasteiger partial charge is 0.329 e. The summed E-state index contributed by atoms with van der Waals surface area (Å²) in [6.07, 6.45) is 1.32. The lowest BCUT2D eigenvalue weighted by molar-refractivity contribution is 0.105. The summed E-state index contributed by atoms with van der Waals surface area (Å²) >= 11 is 0. The van der Waals surface area contributed by atoms with Gasteiger partial charge >= 0.3 is 0 Å². The molecule has 1 rings (SSSR count). The second kappa shape index (κ2) is 5.65. The van der Waals surface area contributed by atoms with Crippen LogP contribution >= 0.6 is 0 Å². The number of hydrogen-bond acceptors (Lipinski definition) is 5. The van der Waals surface area contributed by atoms with Gasteiger partial charge < -0.3 is 10.6 Å². The van der Waals surface area contributed by atoms with Gasteiger partial charge in [0.25, 0.3) is 0 Å². The van der Waals surface area contributed by atoms with Crippen LogP contribution in [0.2, 0.25) is 0 Å². The number of sulfone groups is 1. The third kappa shape index (κ3) is 3.91. The van der Waals surface area contributed by atoms with E-state index in [9.17, 15) is 8.42 Å². The van der Waals surface area contributed by atoms with Crippen LogP contribution in [0.5, 0.6) is 0 Å². The quantitative estimate of drug-likeness (QED) is 0.716. The summed E-state index contributed by atoms with van der Waals surface area (Å²) in [5, 5.41) is 0. The van der Waals surface area contributed by atoms with Gasteiger partial charge in [0.05, 0.1) is 11.5 Å². The highest BCUT2D eigenvalue weighted by Crippen LogP contribution is 2.28. The Bertz CT molecular complexity index is 327. The third-order valence-corrected chi connectivity index (χ3v) is 5.48. The Hall–Kier alpha value is -0.170. The maximum absolute atomic E-state index is 11.5. The maximum atomic E-state index is 11.5. The Labute approximate surface area is 105 Å². The van der Waals surface area contributed by atoms with Crippen LogP contribution in [0.25, 0.3) is 0 Å². The fourth-order valence-electron chi connectivity index (χ4n) is 2.25. The van der Waals surface area contributed by atoms with Crippen LogP contribution in [0.4, 0.5) is 0 Å². The van der Waals surface area contributed by atoms with E-state index in [1.165, 1.54) is 0 Å². The molecule has 0 aromatic heterocycles. The van der Waals surface area contributed by atoms with Crippen LogP contribution in [0.3, 0.4) is 0 Å². The molecular formula is C11H25N3O2S. The lowest BCUT2D eigenvalue weighted by Crippen LogP contribution is -2.57. The Kier molecular flexibility index (Phi) is 4.95. The van der Waals surface area contributed by atoms with Gasteiger partial charge in [-0.1, -0.05) is 0 Å². The fourth-order valence-corrected chi connectivity index (χ4v) is 3.83. The van der Waals surface area contributed by atoms with Gasteiger partial charge in [0, 0.05) is 25.2 Å². The van der Waals surface area contributed by atoms with E-state index in [-0.39, 0.29) is 17.0 Å². The molecule has 0 spiro atoms. The van der Waals surface area contributed by atoms with Crippen molar-refractivity contribution in [3.8, 4) is 0 Å². The van der Waals surface area contributed by atoms with E-state index >= 15 is 0 Å².